The van der Waals surface area contributed by atoms with E-state index in [0.717, 1.165) is 19.3 Å². The number of ether oxygens (including phenoxy) is 1. The average Bonchev–Trinajstić information content (AvgIpc) is 2.38. The minimum Gasteiger partial charge on any atom is -0.349 e. The molecule has 0 spiro atoms. The van der Waals surface area contributed by atoms with Crippen molar-refractivity contribution >= 4 is 5.97 Å². The number of benzene rings is 1. The first-order valence-corrected chi connectivity index (χ1v) is 5.40. The topological polar surface area (TPSA) is 44.8 Å². The van der Waals surface area contributed by atoms with Gasteiger partial charge in [-0.05, 0) is 25.0 Å². The lowest BCUT2D eigenvalue weighted by Crippen LogP contribution is -2.23. The van der Waals surface area contributed by atoms with Gasteiger partial charge in [0.25, 0.3) is 0 Å². The van der Waals surface area contributed by atoms with Crippen molar-refractivity contribution < 1.29 is 19.3 Å². The zero-order valence-electron chi connectivity index (χ0n) is 8.93. The maximum atomic E-state index is 11.5. The molecule has 0 radical (unpaired) electrons. The minimum absolute atomic E-state index is 0.415. The lowest BCUT2D eigenvalue weighted by molar-refractivity contribution is -0.346. The number of hydrogen-bond acceptors (Lipinski definition) is 4. The first-order chi connectivity index (χ1) is 7.86. The molecule has 0 aliphatic carbocycles. The normalized spacial score (nSPS) is 20.4. The van der Waals surface area contributed by atoms with Crippen molar-refractivity contribution in [2.45, 2.75) is 25.6 Å². The molecular formula is C12H14O4. The van der Waals surface area contributed by atoms with Gasteiger partial charge in [0.05, 0.1) is 5.56 Å². The summed E-state index contributed by atoms with van der Waals surface area (Å²) in [6, 6.07) is 8.73. The fourth-order valence-electron chi connectivity index (χ4n) is 1.51. The average molecular weight is 222 g/mol. The third-order valence-corrected chi connectivity index (χ3v) is 2.38. The van der Waals surface area contributed by atoms with Crippen LogP contribution in [0.3, 0.4) is 0 Å². The highest BCUT2D eigenvalue weighted by Crippen LogP contribution is 2.14. The number of carbonyl (C=O) groups excluding carboxylic acids is 1. The molecule has 2 rings (SSSR count). The van der Waals surface area contributed by atoms with E-state index in [1.807, 2.05) is 6.07 Å². The molecule has 0 bridgehead atoms. The summed E-state index contributed by atoms with van der Waals surface area (Å²) >= 11 is 0. The zero-order valence-corrected chi connectivity index (χ0v) is 8.93. The Hall–Kier alpha value is -1.39. The molecule has 1 aliphatic heterocycles. The quantitative estimate of drug-likeness (QED) is 0.581. The van der Waals surface area contributed by atoms with Crippen molar-refractivity contribution in [3.05, 3.63) is 35.9 Å². The van der Waals surface area contributed by atoms with Crippen LogP contribution in [0.5, 0.6) is 0 Å². The standard InChI is InChI=1S/C12H14O4/c13-12(10-6-2-1-3-7-10)16-15-11-8-4-5-9-14-11/h1-3,6-7,11H,4-5,8-9H2. The Kier molecular flexibility index (Phi) is 3.91. The molecule has 1 unspecified atom stereocenters. The van der Waals surface area contributed by atoms with Crippen molar-refractivity contribution in [2.75, 3.05) is 6.61 Å². The van der Waals surface area contributed by atoms with Gasteiger partial charge in [-0.3, -0.25) is 4.89 Å². The molecule has 0 N–H and O–H groups in total. The second kappa shape index (κ2) is 5.63. The fourth-order valence-corrected chi connectivity index (χ4v) is 1.51. The Bertz CT molecular complexity index is 330. The summed E-state index contributed by atoms with van der Waals surface area (Å²) < 4.78 is 5.26. The first kappa shape index (κ1) is 11.1. The van der Waals surface area contributed by atoms with E-state index >= 15 is 0 Å². The summed E-state index contributed by atoms with van der Waals surface area (Å²) in [7, 11) is 0. The molecule has 1 heterocycles. The molecule has 86 valence electrons. The van der Waals surface area contributed by atoms with E-state index < -0.39 is 12.3 Å². The van der Waals surface area contributed by atoms with Crippen LogP contribution in [0.15, 0.2) is 30.3 Å². The summed E-state index contributed by atoms with van der Waals surface area (Å²) in [5, 5.41) is 0. The molecule has 4 nitrogen and oxygen atoms in total. The predicted molar refractivity (Wildman–Crippen MR) is 56.5 cm³/mol. The number of hydrogen-bond donors (Lipinski definition) is 0. The highest BCUT2D eigenvalue weighted by molar-refractivity contribution is 5.88. The molecule has 0 saturated carbocycles. The van der Waals surface area contributed by atoms with Gasteiger partial charge in [0.15, 0.2) is 0 Å². The van der Waals surface area contributed by atoms with Gasteiger partial charge in [0.1, 0.15) is 0 Å². The van der Waals surface area contributed by atoms with Gasteiger partial charge >= 0.3 is 5.97 Å². The first-order valence-electron chi connectivity index (χ1n) is 5.40. The van der Waals surface area contributed by atoms with E-state index in [1.54, 1.807) is 24.3 Å². The van der Waals surface area contributed by atoms with Gasteiger partial charge in [-0.25, -0.2) is 4.79 Å². The van der Waals surface area contributed by atoms with Crippen LogP contribution < -0.4 is 0 Å². The van der Waals surface area contributed by atoms with Crippen LogP contribution in [0.4, 0.5) is 0 Å². The largest absolute Gasteiger partial charge is 0.373 e. The number of rotatable bonds is 3. The van der Waals surface area contributed by atoms with Crippen molar-refractivity contribution in [1.29, 1.82) is 0 Å². The van der Waals surface area contributed by atoms with Crippen LogP contribution in [0.25, 0.3) is 0 Å². The maximum Gasteiger partial charge on any atom is 0.373 e. The van der Waals surface area contributed by atoms with Crippen LogP contribution in [0.2, 0.25) is 0 Å². The van der Waals surface area contributed by atoms with E-state index in [0.29, 0.717) is 12.2 Å². The highest BCUT2D eigenvalue weighted by atomic mass is 17.2. The second-order valence-corrected chi connectivity index (χ2v) is 3.63. The van der Waals surface area contributed by atoms with E-state index in [2.05, 4.69) is 0 Å². The van der Waals surface area contributed by atoms with E-state index in [1.165, 1.54) is 0 Å². The SMILES string of the molecule is O=C(OOC1CCCCO1)c1ccccc1. The van der Waals surface area contributed by atoms with Gasteiger partial charge in [0.2, 0.25) is 6.29 Å². The molecule has 1 aromatic carbocycles. The Labute approximate surface area is 94.0 Å². The Balaban J connectivity index is 1.79. The molecular weight excluding hydrogens is 208 g/mol. The molecule has 1 saturated heterocycles. The van der Waals surface area contributed by atoms with Crippen LogP contribution >= 0.6 is 0 Å². The third kappa shape index (κ3) is 3.05. The third-order valence-electron chi connectivity index (χ3n) is 2.38. The van der Waals surface area contributed by atoms with Gasteiger partial charge in [0, 0.05) is 13.0 Å². The number of carbonyl (C=O) groups is 1. The highest BCUT2D eigenvalue weighted by Gasteiger charge is 2.17. The van der Waals surface area contributed by atoms with E-state index in [4.69, 9.17) is 14.5 Å². The second-order valence-electron chi connectivity index (χ2n) is 3.63. The summed E-state index contributed by atoms with van der Waals surface area (Å²) in [6.45, 7) is 0.660. The van der Waals surface area contributed by atoms with Crippen LogP contribution in [0.1, 0.15) is 29.6 Å². The Morgan fingerprint density at radius 1 is 1.25 bits per heavy atom. The van der Waals surface area contributed by atoms with Crippen LogP contribution in [0, 0.1) is 0 Å². The van der Waals surface area contributed by atoms with E-state index in [9.17, 15) is 4.79 Å². The predicted octanol–water partition coefficient (Wildman–Crippen LogP) is 2.30. The van der Waals surface area contributed by atoms with Crippen LogP contribution in [-0.2, 0) is 14.5 Å². The molecule has 0 aromatic heterocycles. The lowest BCUT2D eigenvalue weighted by Gasteiger charge is -2.20. The Morgan fingerprint density at radius 2 is 2.06 bits per heavy atom. The smallest absolute Gasteiger partial charge is 0.349 e. The Morgan fingerprint density at radius 3 is 2.75 bits per heavy atom. The van der Waals surface area contributed by atoms with Crippen molar-refractivity contribution in [3.8, 4) is 0 Å². The monoisotopic (exact) mass is 222 g/mol. The summed E-state index contributed by atoms with van der Waals surface area (Å²) in [6.07, 6.45) is 2.42. The lowest BCUT2D eigenvalue weighted by atomic mass is 10.2. The maximum absolute atomic E-state index is 11.5. The molecule has 1 atom stereocenters. The summed E-state index contributed by atoms with van der Waals surface area (Å²) in [4.78, 5) is 21.1. The zero-order chi connectivity index (χ0) is 11.2. The molecule has 16 heavy (non-hydrogen) atoms. The fraction of sp³-hybridized carbons (Fsp3) is 0.417. The molecule has 1 aromatic rings. The van der Waals surface area contributed by atoms with Gasteiger partial charge in [-0.2, -0.15) is 4.89 Å². The van der Waals surface area contributed by atoms with Crippen molar-refractivity contribution in [3.63, 3.8) is 0 Å². The molecule has 4 heteroatoms. The van der Waals surface area contributed by atoms with E-state index in [-0.39, 0.29) is 0 Å². The van der Waals surface area contributed by atoms with Gasteiger partial charge < -0.3 is 4.74 Å². The summed E-state index contributed by atoms with van der Waals surface area (Å²) in [5.41, 5.74) is 0.471. The van der Waals surface area contributed by atoms with Crippen molar-refractivity contribution in [1.82, 2.24) is 0 Å². The van der Waals surface area contributed by atoms with Gasteiger partial charge in [-0.15, -0.1) is 0 Å². The molecule has 0 amide bonds. The molecule has 1 fully saturated rings. The minimum atomic E-state index is -0.491. The van der Waals surface area contributed by atoms with Crippen LogP contribution in [-0.4, -0.2) is 18.9 Å². The van der Waals surface area contributed by atoms with Crippen molar-refractivity contribution in [2.24, 2.45) is 0 Å². The van der Waals surface area contributed by atoms with Gasteiger partial charge in [-0.1, -0.05) is 18.2 Å². The molecule has 1 aliphatic rings. The summed E-state index contributed by atoms with van der Waals surface area (Å²) in [5.74, 6) is -0.491.